The fourth-order valence-electron chi connectivity index (χ4n) is 1.77. The predicted octanol–water partition coefficient (Wildman–Crippen LogP) is 1.19. The highest BCUT2D eigenvalue weighted by Crippen LogP contribution is 2.34. The predicted molar refractivity (Wildman–Crippen MR) is 71.9 cm³/mol. The molecule has 0 amide bonds. The van der Waals surface area contributed by atoms with Crippen molar-refractivity contribution in [3.63, 3.8) is 0 Å². The first-order valence-corrected chi connectivity index (χ1v) is 8.06. The minimum absolute atomic E-state index is 0.103. The molecule has 5 nitrogen and oxygen atoms in total. The Balaban J connectivity index is 2.21. The topological polar surface area (TPSA) is 95.4 Å². The molecule has 0 unspecified atom stereocenters. The van der Waals surface area contributed by atoms with Gasteiger partial charge in [-0.15, -0.1) is 11.8 Å². The molecule has 1 aromatic carbocycles. The lowest BCUT2D eigenvalue weighted by Crippen LogP contribution is -2.17. The van der Waals surface area contributed by atoms with Crippen LogP contribution in [-0.2, 0) is 14.8 Å². The van der Waals surface area contributed by atoms with E-state index in [2.05, 4.69) is 0 Å². The van der Waals surface area contributed by atoms with Gasteiger partial charge in [-0.25, -0.2) is 13.6 Å². The molecule has 1 heterocycles. The van der Waals surface area contributed by atoms with E-state index in [4.69, 9.17) is 15.6 Å². The number of hydrogen-bond acceptors (Lipinski definition) is 5. The summed E-state index contributed by atoms with van der Waals surface area (Å²) in [5.74, 6) is 0. The maximum Gasteiger partial charge on any atom is 0.238 e. The van der Waals surface area contributed by atoms with Gasteiger partial charge in [0.1, 0.15) is 0 Å². The molecule has 1 aliphatic heterocycles. The Hall–Kier alpha value is -0.760. The van der Waals surface area contributed by atoms with Crippen molar-refractivity contribution >= 4 is 27.5 Å². The lowest BCUT2D eigenvalue weighted by molar-refractivity contribution is 0.100. The van der Waals surface area contributed by atoms with Crippen molar-refractivity contribution in [1.29, 1.82) is 0 Å². The van der Waals surface area contributed by atoms with Crippen molar-refractivity contribution in [2.24, 2.45) is 5.14 Å². The lowest BCUT2D eigenvalue weighted by Gasteiger charge is -2.22. The Morgan fingerprint density at radius 2 is 1.94 bits per heavy atom. The average molecular weight is 288 g/mol. The van der Waals surface area contributed by atoms with E-state index < -0.39 is 10.0 Å². The minimum Gasteiger partial charge on any atom is -0.398 e. The summed E-state index contributed by atoms with van der Waals surface area (Å²) in [5, 5.41) is 5.52. The number of nitrogen functional groups attached to an aromatic ring is 1. The minimum atomic E-state index is -3.68. The second-order valence-corrected chi connectivity index (χ2v) is 7.08. The van der Waals surface area contributed by atoms with Crippen molar-refractivity contribution in [3.05, 3.63) is 18.2 Å². The Morgan fingerprint density at radius 1 is 1.28 bits per heavy atom. The Labute approximate surface area is 111 Å². The van der Waals surface area contributed by atoms with E-state index >= 15 is 0 Å². The third kappa shape index (κ3) is 3.38. The lowest BCUT2D eigenvalue weighted by atomic mass is 10.2. The molecular formula is C11H16N2O3S2. The molecule has 1 aromatic rings. The number of anilines is 1. The molecule has 4 N–H and O–H groups in total. The first-order chi connectivity index (χ1) is 8.47. The molecular weight excluding hydrogens is 272 g/mol. The van der Waals surface area contributed by atoms with Gasteiger partial charge in [-0.3, -0.25) is 0 Å². The molecule has 0 bridgehead atoms. The Bertz CT molecular complexity index is 525. The van der Waals surface area contributed by atoms with Gasteiger partial charge in [0.25, 0.3) is 0 Å². The fourth-order valence-corrected chi connectivity index (χ4v) is 3.57. The zero-order valence-electron chi connectivity index (χ0n) is 9.83. The second kappa shape index (κ2) is 5.48. The molecule has 0 aromatic heterocycles. The zero-order chi connectivity index (χ0) is 13.2. The molecule has 100 valence electrons. The van der Waals surface area contributed by atoms with Gasteiger partial charge in [-0.2, -0.15) is 0 Å². The van der Waals surface area contributed by atoms with Crippen LogP contribution in [0.3, 0.4) is 0 Å². The number of benzene rings is 1. The molecule has 1 saturated heterocycles. The van der Waals surface area contributed by atoms with E-state index in [1.54, 1.807) is 23.9 Å². The van der Waals surface area contributed by atoms with Crippen molar-refractivity contribution in [2.75, 3.05) is 18.9 Å². The van der Waals surface area contributed by atoms with Crippen molar-refractivity contribution < 1.29 is 13.2 Å². The third-order valence-electron chi connectivity index (χ3n) is 2.78. The van der Waals surface area contributed by atoms with Crippen LogP contribution in [0.15, 0.2) is 28.0 Å². The van der Waals surface area contributed by atoms with E-state index in [9.17, 15) is 8.42 Å². The van der Waals surface area contributed by atoms with Gasteiger partial charge >= 0.3 is 0 Å². The third-order valence-corrected chi connectivity index (χ3v) is 5.10. The molecule has 0 atom stereocenters. The standard InChI is InChI=1S/C11H16N2O3S2/c12-10-2-1-9(18(13,14)15)7-11(10)17-8-3-5-16-6-4-8/h1-2,7-8H,3-6,12H2,(H2,13,14,15). The van der Waals surface area contributed by atoms with E-state index in [0.717, 1.165) is 31.0 Å². The van der Waals surface area contributed by atoms with E-state index in [-0.39, 0.29) is 4.90 Å². The number of nitrogens with two attached hydrogens (primary N) is 2. The van der Waals surface area contributed by atoms with Gasteiger partial charge < -0.3 is 10.5 Å². The molecule has 0 saturated carbocycles. The summed E-state index contributed by atoms with van der Waals surface area (Å²) in [4.78, 5) is 0.875. The summed E-state index contributed by atoms with van der Waals surface area (Å²) >= 11 is 1.60. The molecule has 1 fully saturated rings. The summed E-state index contributed by atoms with van der Waals surface area (Å²) in [7, 11) is -3.68. The van der Waals surface area contributed by atoms with Crippen LogP contribution in [0.5, 0.6) is 0 Å². The molecule has 18 heavy (non-hydrogen) atoms. The largest absolute Gasteiger partial charge is 0.398 e. The quantitative estimate of drug-likeness (QED) is 0.814. The molecule has 0 aliphatic carbocycles. The number of rotatable bonds is 3. The number of ether oxygens (including phenoxy) is 1. The van der Waals surface area contributed by atoms with Crippen LogP contribution in [0.1, 0.15) is 12.8 Å². The smallest absolute Gasteiger partial charge is 0.238 e. The summed E-state index contributed by atoms with van der Waals surface area (Å²) in [5.41, 5.74) is 6.44. The van der Waals surface area contributed by atoms with E-state index in [1.165, 1.54) is 6.07 Å². The van der Waals surface area contributed by atoms with Gasteiger partial charge in [0, 0.05) is 29.0 Å². The summed E-state index contributed by atoms with van der Waals surface area (Å²) in [6.07, 6.45) is 1.90. The van der Waals surface area contributed by atoms with Crippen LogP contribution in [0.4, 0.5) is 5.69 Å². The van der Waals surface area contributed by atoms with Gasteiger partial charge in [-0.1, -0.05) is 0 Å². The SMILES string of the molecule is Nc1ccc(S(N)(=O)=O)cc1SC1CCOCC1. The monoisotopic (exact) mass is 288 g/mol. The maximum absolute atomic E-state index is 11.3. The molecule has 1 aliphatic rings. The van der Waals surface area contributed by atoms with Crippen LogP contribution in [0.2, 0.25) is 0 Å². The van der Waals surface area contributed by atoms with Gasteiger partial charge in [0.05, 0.1) is 4.90 Å². The van der Waals surface area contributed by atoms with Gasteiger partial charge in [0.2, 0.25) is 10.0 Å². The number of sulfonamides is 1. The average Bonchev–Trinajstić information content (AvgIpc) is 2.32. The molecule has 0 radical (unpaired) electrons. The summed E-state index contributed by atoms with van der Waals surface area (Å²) in [6.45, 7) is 1.49. The highest BCUT2D eigenvalue weighted by molar-refractivity contribution is 8.00. The Kier molecular flexibility index (Phi) is 4.16. The second-order valence-electron chi connectivity index (χ2n) is 4.17. The van der Waals surface area contributed by atoms with Gasteiger partial charge in [-0.05, 0) is 31.0 Å². The van der Waals surface area contributed by atoms with Crippen molar-refractivity contribution in [2.45, 2.75) is 27.9 Å². The summed E-state index contributed by atoms with van der Waals surface area (Å²) in [6, 6.07) is 4.56. The van der Waals surface area contributed by atoms with Crippen molar-refractivity contribution in [3.8, 4) is 0 Å². The van der Waals surface area contributed by atoms with Crippen LogP contribution in [0.25, 0.3) is 0 Å². The first-order valence-electron chi connectivity index (χ1n) is 5.63. The molecule has 0 spiro atoms. The van der Waals surface area contributed by atoms with E-state index in [1.807, 2.05) is 0 Å². The van der Waals surface area contributed by atoms with Gasteiger partial charge in [0.15, 0.2) is 0 Å². The van der Waals surface area contributed by atoms with Crippen LogP contribution in [0, 0.1) is 0 Å². The van der Waals surface area contributed by atoms with Crippen molar-refractivity contribution in [1.82, 2.24) is 0 Å². The fraction of sp³-hybridized carbons (Fsp3) is 0.455. The molecule has 7 heteroatoms. The zero-order valence-corrected chi connectivity index (χ0v) is 11.5. The highest BCUT2D eigenvalue weighted by atomic mass is 32.2. The van der Waals surface area contributed by atoms with Crippen LogP contribution < -0.4 is 10.9 Å². The maximum atomic E-state index is 11.3. The normalized spacial score (nSPS) is 17.8. The molecule has 2 rings (SSSR count). The number of primary sulfonamides is 1. The number of hydrogen-bond donors (Lipinski definition) is 2. The number of thioether (sulfide) groups is 1. The van der Waals surface area contributed by atoms with Crippen LogP contribution in [-0.4, -0.2) is 26.9 Å². The van der Waals surface area contributed by atoms with Crippen LogP contribution >= 0.6 is 11.8 Å². The van der Waals surface area contributed by atoms with E-state index in [0.29, 0.717) is 10.9 Å². The Morgan fingerprint density at radius 3 is 2.56 bits per heavy atom. The first kappa shape index (κ1) is 13.7. The highest BCUT2D eigenvalue weighted by Gasteiger charge is 2.18. The summed E-state index contributed by atoms with van der Waals surface area (Å²) < 4.78 is 27.9.